The van der Waals surface area contributed by atoms with Crippen LogP contribution in [0.15, 0.2) is 66.7 Å². The minimum atomic E-state index is -0.662. The van der Waals surface area contributed by atoms with Crippen LogP contribution in [-0.4, -0.2) is 34.6 Å². The lowest BCUT2D eigenvalue weighted by atomic mass is 9.94. The molecule has 0 saturated heterocycles. The standard InChI is InChI=1S/C33H38Cl2N2O2S/c1-23-15-24(2)17-26(16-23)21-40-22-32(38)37(20-27-13-14-28(34)19-30(27)35)31(18-25-9-5-3-6-10-25)33(39)36-29-11-7-4-8-12-29/h3,5-6,9-10,13-17,19,29,31H,4,7-8,11-12,18,20-22H2,1-2H3,(H,36,39)/t31-/m0/s1. The van der Waals surface area contributed by atoms with Crippen LogP contribution in [0.25, 0.3) is 0 Å². The number of nitrogens with one attached hydrogen (secondary N) is 1. The Kier molecular flexibility index (Phi) is 11.4. The average molecular weight is 598 g/mol. The molecule has 1 aliphatic rings. The van der Waals surface area contributed by atoms with E-state index in [0.717, 1.165) is 42.6 Å². The van der Waals surface area contributed by atoms with Gasteiger partial charge in [0.15, 0.2) is 0 Å². The van der Waals surface area contributed by atoms with Crippen LogP contribution < -0.4 is 5.32 Å². The van der Waals surface area contributed by atoms with Crippen molar-refractivity contribution in [3.8, 4) is 0 Å². The lowest BCUT2D eigenvalue weighted by Crippen LogP contribution is -2.53. The van der Waals surface area contributed by atoms with E-state index < -0.39 is 6.04 Å². The number of hydrogen-bond acceptors (Lipinski definition) is 3. The van der Waals surface area contributed by atoms with Crippen molar-refractivity contribution in [1.82, 2.24) is 10.2 Å². The topological polar surface area (TPSA) is 49.4 Å². The molecule has 0 aromatic heterocycles. The molecular formula is C33H38Cl2N2O2S. The van der Waals surface area contributed by atoms with Gasteiger partial charge in [-0.1, -0.05) is 108 Å². The third-order valence-electron chi connectivity index (χ3n) is 7.35. The molecule has 0 aliphatic heterocycles. The number of thioether (sulfide) groups is 1. The number of rotatable bonds is 11. The molecule has 1 atom stereocenters. The second-order valence-electron chi connectivity index (χ2n) is 10.8. The van der Waals surface area contributed by atoms with E-state index in [0.29, 0.717) is 16.5 Å². The van der Waals surface area contributed by atoms with Gasteiger partial charge < -0.3 is 10.2 Å². The lowest BCUT2D eigenvalue weighted by Gasteiger charge is -2.33. The van der Waals surface area contributed by atoms with Crippen LogP contribution in [-0.2, 0) is 28.3 Å². The van der Waals surface area contributed by atoms with Crippen molar-refractivity contribution in [2.75, 3.05) is 5.75 Å². The zero-order valence-electron chi connectivity index (χ0n) is 23.3. The Morgan fingerprint density at radius 3 is 2.30 bits per heavy atom. The third-order valence-corrected chi connectivity index (χ3v) is 8.93. The SMILES string of the molecule is Cc1cc(C)cc(CSCC(=O)N(Cc2ccc(Cl)cc2Cl)[C@@H](Cc2ccccc2)C(=O)NC2CCCCC2)c1. The molecule has 1 N–H and O–H groups in total. The normalized spacial score (nSPS) is 14.5. The molecule has 1 fully saturated rings. The van der Waals surface area contributed by atoms with E-state index in [1.54, 1.807) is 28.8 Å². The number of nitrogens with zero attached hydrogens (tertiary/aromatic N) is 1. The molecule has 1 saturated carbocycles. The number of carbonyl (C=O) groups excluding carboxylic acids is 2. The number of amides is 2. The van der Waals surface area contributed by atoms with Crippen LogP contribution in [0.5, 0.6) is 0 Å². The zero-order chi connectivity index (χ0) is 28.5. The third kappa shape index (κ3) is 9.02. The summed E-state index contributed by atoms with van der Waals surface area (Å²) in [6.07, 6.45) is 5.83. The maximum absolute atomic E-state index is 13.9. The molecule has 0 heterocycles. The van der Waals surface area contributed by atoms with E-state index in [-0.39, 0.29) is 30.2 Å². The summed E-state index contributed by atoms with van der Waals surface area (Å²) in [6, 6.07) is 21.2. The highest BCUT2D eigenvalue weighted by atomic mass is 35.5. The molecule has 0 spiro atoms. The van der Waals surface area contributed by atoms with Crippen LogP contribution in [0.1, 0.15) is 59.9 Å². The summed E-state index contributed by atoms with van der Waals surface area (Å²) in [4.78, 5) is 29.5. The Bertz CT molecular complexity index is 1270. The van der Waals surface area contributed by atoms with Crippen molar-refractivity contribution < 1.29 is 9.59 Å². The summed E-state index contributed by atoms with van der Waals surface area (Å²) in [7, 11) is 0. The number of halogens is 2. The van der Waals surface area contributed by atoms with Crippen molar-refractivity contribution >= 4 is 46.8 Å². The van der Waals surface area contributed by atoms with Crippen LogP contribution in [0.2, 0.25) is 10.0 Å². The Labute approximate surface area is 252 Å². The van der Waals surface area contributed by atoms with Gasteiger partial charge in [0.25, 0.3) is 0 Å². The summed E-state index contributed by atoms with van der Waals surface area (Å²) in [6.45, 7) is 4.40. The van der Waals surface area contributed by atoms with E-state index in [9.17, 15) is 9.59 Å². The maximum atomic E-state index is 13.9. The van der Waals surface area contributed by atoms with Crippen molar-refractivity contribution in [1.29, 1.82) is 0 Å². The van der Waals surface area contributed by atoms with Crippen molar-refractivity contribution in [2.45, 2.75) is 76.8 Å². The second-order valence-corrected chi connectivity index (χ2v) is 12.6. The predicted octanol–water partition coefficient (Wildman–Crippen LogP) is 7.93. The first-order valence-corrected chi connectivity index (χ1v) is 15.9. The van der Waals surface area contributed by atoms with Gasteiger partial charge in [-0.25, -0.2) is 0 Å². The Balaban J connectivity index is 1.59. The molecule has 4 nitrogen and oxygen atoms in total. The van der Waals surface area contributed by atoms with Gasteiger partial charge in [-0.3, -0.25) is 9.59 Å². The van der Waals surface area contributed by atoms with Gasteiger partial charge in [-0.15, -0.1) is 11.8 Å². The van der Waals surface area contributed by atoms with Gasteiger partial charge in [-0.2, -0.15) is 0 Å². The summed E-state index contributed by atoms with van der Waals surface area (Å²) in [5.74, 6) is 0.801. The van der Waals surface area contributed by atoms with Crippen LogP contribution in [0, 0.1) is 13.8 Å². The molecule has 212 valence electrons. The maximum Gasteiger partial charge on any atom is 0.243 e. The minimum absolute atomic E-state index is 0.0832. The first-order valence-electron chi connectivity index (χ1n) is 14.0. The van der Waals surface area contributed by atoms with E-state index in [4.69, 9.17) is 23.2 Å². The first kappa shape index (κ1) is 30.5. The molecule has 3 aromatic carbocycles. The first-order chi connectivity index (χ1) is 19.3. The average Bonchev–Trinajstić information content (AvgIpc) is 2.92. The molecule has 4 rings (SSSR count). The Hall–Kier alpha value is -2.47. The summed E-state index contributed by atoms with van der Waals surface area (Å²) >= 11 is 14.3. The Morgan fingerprint density at radius 2 is 1.62 bits per heavy atom. The molecular weight excluding hydrogens is 559 g/mol. The molecule has 0 unspecified atom stereocenters. The summed E-state index contributed by atoms with van der Waals surface area (Å²) in [5.41, 5.74) is 5.39. The van der Waals surface area contributed by atoms with Crippen LogP contribution in [0.4, 0.5) is 0 Å². The summed E-state index contributed by atoms with van der Waals surface area (Å²) in [5, 5.41) is 4.30. The van der Waals surface area contributed by atoms with E-state index in [2.05, 4.69) is 37.4 Å². The highest BCUT2D eigenvalue weighted by Gasteiger charge is 2.32. The fourth-order valence-corrected chi connectivity index (χ4v) is 6.74. The summed E-state index contributed by atoms with van der Waals surface area (Å²) < 4.78 is 0. The van der Waals surface area contributed by atoms with Gasteiger partial charge in [0.2, 0.25) is 11.8 Å². The van der Waals surface area contributed by atoms with Crippen molar-refractivity contribution in [3.05, 3.63) is 105 Å². The van der Waals surface area contributed by atoms with E-state index in [1.165, 1.54) is 23.1 Å². The number of benzene rings is 3. The fourth-order valence-electron chi connectivity index (χ4n) is 5.42. The number of carbonyl (C=O) groups is 2. The minimum Gasteiger partial charge on any atom is -0.352 e. The second kappa shape index (κ2) is 15.0. The molecule has 7 heteroatoms. The van der Waals surface area contributed by atoms with Crippen LogP contribution >= 0.6 is 35.0 Å². The fraction of sp³-hybridized carbons (Fsp3) is 0.394. The lowest BCUT2D eigenvalue weighted by molar-refractivity contribution is -0.139. The zero-order valence-corrected chi connectivity index (χ0v) is 25.6. The number of aryl methyl sites for hydroxylation is 2. The molecule has 40 heavy (non-hydrogen) atoms. The Morgan fingerprint density at radius 1 is 0.925 bits per heavy atom. The van der Waals surface area contributed by atoms with Gasteiger partial charge in [0, 0.05) is 34.8 Å². The molecule has 0 radical (unpaired) electrons. The predicted molar refractivity (Wildman–Crippen MR) is 168 cm³/mol. The number of hydrogen-bond donors (Lipinski definition) is 1. The van der Waals surface area contributed by atoms with Gasteiger partial charge in [0.1, 0.15) is 6.04 Å². The highest BCUT2D eigenvalue weighted by molar-refractivity contribution is 7.99. The molecule has 1 aliphatic carbocycles. The van der Waals surface area contributed by atoms with Gasteiger partial charge in [-0.05, 0) is 55.5 Å². The quantitative estimate of drug-likeness (QED) is 0.244. The van der Waals surface area contributed by atoms with Gasteiger partial charge >= 0.3 is 0 Å². The van der Waals surface area contributed by atoms with Crippen molar-refractivity contribution in [3.63, 3.8) is 0 Å². The van der Waals surface area contributed by atoms with E-state index >= 15 is 0 Å². The monoisotopic (exact) mass is 596 g/mol. The van der Waals surface area contributed by atoms with Crippen LogP contribution in [0.3, 0.4) is 0 Å². The van der Waals surface area contributed by atoms with Crippen molar-refractivity contribution in [2.24, 2.45) is 0 Å². The highest BCUT2D eigenvalue weighted by Crippen LogP contribution is 2.26. The smallest absolute Gasteiger partial charge is 0.243 e. The van der Waals surface area contributed by atoms with Gasteiger partial charge in [0.05, 0.1) is 5.75 Å². The van der Waals surface area contributed by atoms with E-state index in [1.807, 2.05) is 36.4 Å². The molecule has 2 amide bonds. The molecule has 3 aromatic rings. The molecule has 0 bridgehead atoms. The largest absolute Gasteiger partial charge is 0.352 e.